The van der Waals surface area contributed by atoms with Crippen molar-refractivity contribution in [1.29, 1.82) is 0 Å². The van der Waals surface area contributed by atoms with E-state index < -0.39 is 17.6 Å². The summed E-state index contributed by atoms with van der Waals surface area (Å²) >= 11 is 1.29. The van der Waals surface area contributed by atoms with Crippen LogP contribution in [-0.2, 0) is 10.5 Å². The predicted molar refractivity (Wildman–Crippen MR) is 102 cm³/mol. The molecule has 0 saturated carbocycles. The summed E-state index contributed by atoms with van der Waals surface area (Å²) in [5.74, 6) is -1.49. The molecule has 0 spiro atoms. The molecule has 6 heteroatoms. The van der Waals surface area contributed by atoms with Crippen molar-refractivity contribution in [3.63, 3.8) is 0 Å². The van der Waals surface area contributed by atoms with E-state index in [9.17, 15) is 13.6 Å². The van der Waals surface area contributed by atoms with Crippen LogP contribution >= 0.6 is 11.8 Å². The summed E-state index contributed by atoms with van der Waals surface area (Å²) < 4.78 is 39.0. The van der Waals surface area contributed by atoms with Crippen LogP contribution in [-0.4, -0.2) is 12.6 Å². The van der Waals surface area contributed by atoms with Gasteiger partial charge >= 0.3 is 5.97 Å². The molecule has 1 heterocycles. The van der Waals surface area contributed by atoms with Gasteiger partial charge in [-0.1, -0.05) is 26.0 Å². The maximum Gasteiger partial charge on any atom is 0.338 e. The van der Waals surface area contributed by atoms with Gasteiger partial charge in [-0.3, -0.25) is 0 Å². The highest BCUT2D eigenvalue weighted by Crippen LogP contribution is 2.35. The Morgan fingerprint density at radius 1 is 1.22 bits per heavy atom. The molecule has 0 saturated heterocycles. The predicted octanol–water partition coefficient (Wildman–Crippen LogP) is 6.30. The second-order valence-corrected chi connectivity index (χ2v) is 7.39. The van der Waals surface area contributed by atoms with Crippen LogP contribution in [0.1, 0.15) is 48.4 Å². The van der Waals surface area contributed by atoms with E-state index in [-0.39, 0.29) is 29.4 Å². The lowest BCUT2D eigenvalue weighted by atomic mass is 10.1. The third kappa shape index (κ3) is 4.00. The summed E-state index contributed by atoms with van der Waals surface area (Å²) in [5.41, 5.74) is 0.740. The summed E-state index contributed by atoms with van der Waals surface area (Å²) in [7, 11) is 0. The minimum Gasteiger partial charge on any atom is -0.462 e. The Bertz CT molecular complexity index is 979. The summed E-state index contributed by atoms with van der Waals surface area (Å²) in [6, 6.07) is 9.88. The Morgan fingerprint density at radius 3 is 2.70 bits per heavy atom. The number of hydrogen-bond donors (Lipinski definition) is 0. The fourth-order valence-electron chi connectivity index (χ4n) is 2.74. The molecule has 0 radical (unpaired) electrons. The number of carbonyl (C=O) groups is 1. The molecule has 142 valence electrons. The van der Waals surface area contributed by atoms with Gasteiger partial charge in [0.15, 0.2) is 11.6 Å². The number of para-hydroxylation sites is 1. The standard InChI is InChI=1S/C21H20F2O3S/c1-4-25-21(24)14-8-9-16(22)19(23)15(14)11-27-18-7-5-6-13-10-17(12(2)3)26-20(13)18/h5-10,12H,4,11H2,1-3H3. The van der Waals surface area contributed by atoms with Crippen molar-refractivity contribution in [1.82, 2.24) is 0 Å². The third-order valence-electron chi connectivity index (χ3n) is 4.16. The summed E-state index contributed by atoms with van der Waals surface area (Å²) in [6.45, 7) is 5.90. The molecule has 0 aliphatic carbocycles. The second-order valence-electron chi connectivity index (χ2n) is 6.37. The van der Waals surface area contributed by atoms with Crippen molar-refractivity contribution >= 4 is 28.7 Å². The highest BCUT2D eigenvalue weighted by molar-refractivity contribution is 7.98. The topological polar surface area (TPSA) is 39.4 Å². The van der Waals surface area contributed by atoms with E-state index in [1.54, 1.807) is 6.92 Å². The molecule has 1 aromatic heterocycles. The van der Waals surface area contributed by atoms with Crippen molar-refractivity contribution in [3.05, 3.63) is 64.9 Å². The number of carbonyl (C=O) groups excluding carboxylic acids is 1. The Kier molecular flexibility index (Phi) is 5.85. The van der Waals surface area contributed by atoms with Gasteiger partial charge in [-0.05, 0) is 31.2 Å². The van der Waals surface area contributed by atoms with Gasteiger partial charge in [0.2, 0.25) is 0 Å². The lowest BCUT2D eigenvalue weighted by Gasteiger charge is -2.11. The van der Waals surface area contributed by atoms with Crippen LogP contribution < -0.4 is 0 Å². The zero-order valence-corrected chi connectivity index (χ0v) is 16.2. The Labute approximate surface area is 160 Å². The van der Waals surface area contributed by atoms with E-state index in [0.29, 0.717) is 5.58 Å². The van der Waals surface area contributed by atoms with Crippen molar-refractivity contribution in [2.45, 2.75) is 37.3 Å². The van der Waals surface area contributed by atoms with Crippen LogP contribution in [0.15, 0.2) is 45.7 Å². The molecule has 3 rings (SSSR count). The molecule has 3 nitrogen and oxygen atoms in total. The van der Waals surface area contributed by atoms with Crippen molar-refractivity contribution in [2.75, 3.05) is 6.61 Å². The molecule has 0 amide bonds. The molecule has 0 N–H and O–H groups in total. The number of ether oxygens (including phenoxy) is 1. The molecule has 3 aromatic rings. The van der Waals surface area contributed by atoms with Gasteiger partial charge in [-0.2, -0.15) is 0 Å². The van der Waals surface area contributed by atoms with Crippen LogP contribution in [0.2, 0.25) is 0 Å². The first kappa shape index (κ1) is 19.4. The summed E-state index contributed by atoms with van der Waals surface area (Å²) in [4.78, 5) is 12.9. The molecule has 0 fully saturated rings. The zero-order valence-electron chi connectivity index (χ0n) is 15.3. The average molecular weight is 390 g/mol. The molecule has 0 atom stereocenters. The molecule has 0 aliphatic rings. The van der Waals surface area contributed by atoms with Gasteiger partial charge in [-0.15, -0.1) is 11.8 Å². The maximum absolute atomic E-state index is 14.4. The minimum absolute atomic E-state index is 0.00825. The van der Waals surface area contributed by atoms with E-state index >= 15 is 0 Å². The van der Waals surface area contributed by atoms with E-state index in [1.165, 1.54) is 17.8 Å². The van der Waals surface area contributed by atoms with Gasteiger partial charge in [0.05, 0.1) is 17.1 Å². The fraction of sp³-hybridized carbons (Fsp3) is 0.286. The van der Waals surface area contributed by atoms with Crippen LogP contribution in [0, 0.1) is 11.6 Å². The first-order valence-corrected chi connectivity index (χ1v) is 9.70. The van der Waals surface area contributed by atoms with Gasteiger partial charge in [0.25, 0.3) is 0 Å². The number of halogens is 2. The normalized spacial score (nSPS) is 11.3. The maximum atomic E-state index is 14.4. The third-order valence-corrected chi connectivity index (χ3v) is 5.23. The molecule has 2 aromatic carbocycles. The quantitative estimate of drug-likeness (QED) is 0.366. The van der Waals surface area contributed by atoms with Crippen LogP contribution in [0.25, 0.3) is 11.0 Å². The molecule has 0 unspecified atom stereocenters. The minimum atomic E-state index is -1.03. The number of esters is 1. The molecule has 0 bridgehead atoms. The monoisotopic (exact) mass is 390 g/mol. The number of thioether (sulfide) groups is 1. The van der Waals surface area contributed by atoms with E-state index in [4.69, 9.17) is 9.15 Å². The van der Waals surface area contributed by atoms with Crippen molar-refractivity contribution < 1.29 is 22.7 Å². The molecule has 0 aliphatic heterocycles. The van der Waals surface area contributed by atoms with Gasteiger partial charge in [-0.25, -0.2) is 13.6 Å². The van der Waals surface area contributed by atoms with Crippen LogP contribution in [0.4, 0.5) is 8.78 Å². The number of furan rings is 1. The lowest BCUT2D eigenvalue weighted by molar-refractivity contribution is 0.0524. The van der Waals surface area contributed by atoms with Crippen LogP contribution in [0.5, 0.6) is 0 Å². The van der Waals surface area contributed by atoms with Crippen molar-refractivity contribution in [3.8, 4) is 0 Å². The zero-order chi connectivity index (χ0) is 19.6. The Hall–Kier alpha value is -2.34. The smallest absolute Gasteiger partial charge is 0.338 e. The van der Waals surface area contributed by atoms with E-state index in [2.05, 4.69) is 0 Å². The number of fused-ring (bicyclic) bond motifs is 1. The number of rotatable bonds is 6. The van der Waals surface area contributed by atoms with Gasteiger partial charge < -0.3 is 9.15 Å². The highest BCUT2D eigenvalue weighted by Gasteiger charge is 2.20. The molecule has 27 heavy (non-hydrogen) atoms. The lowest BCUT2D eigenvalue weighted by Crippen LogP contribution is -2.10. The number of benzene rings is 2. The molecular weight excluding hydrogens is 370 g/mol. The van der Waals surface area contributed by atoms with Crippen molar-refractivity contribution in [2.24, 2.45) is 0 Å². The fourth-order valence-corrected chi connectivity index (χ4v) is 3.79. The number of hydrogen-bond acceptors (Lipinski definition) is 4. The first-order valence-electron chi connectivity index (χ1n) is 8.71. The summed E-state index contributed by atoms with van der Waals surface area (Å²) in [5, 5.41) is 0.953. The Morgan fingerprint density at radius 2 is 2.00 bits per heavy atom. The van der Waals surface area contributed by atoms with Crippen LogP contribution in [0.3, 0.4) is 0 Å². The van der Waals surface area contributed by atoms with E-state index in [0.717, 1.165) is 22.1 Å². The molecular formula is C21H20F2O3S. The average Bonchev–Trinajstić information content (AvgIpc) is 3.08. The SMILES string of the molecule is CCOC(=O)c1ccc(F)c(F)c1CSc1cccc2cc(C(C)C)oc12. The highest BCUT2D eigenvalue weighted by atomic mass is 32.2. The van der Waals surface area contributed by atoms with Gasteiger partial charge in [0, 0.05) is 22.6 Å². The second kappa shape index (κ2) is 8.13. The first-order chi connectivity index (χ1) is 12.9. The Balaban J connectivity index is 1.94. The summed E-state index contributed by atoms with van der Waals surface area (Å²) in [6.07, 6.45) is 0. The van der Waals surface area contributed by atoms with E-state index in [1.807, 2.05) is 38.1 Å². The largest absolute Gasteiger partial charge is 0.462 e. The van der Waals surface area contributed by atoms with Gasteiger partial charge in [0.1, 0.15) is 11.3 Å².